The van der Waals surface area contributed by atoms with Gasteiger partial charge in [-0.1, -0.05) is 6.92 Å². The van der Waals surface area contributed by atoms with Crippen molar-refractivity contribution in [3.05, 3.63) is 11.6 Å². The first-order valence-corrected chi connectivity index (χ1v) is 8.66. The number of fused-ring (bicyclic) bond motifs is 1. The van der Waals surface area contributed by atoms with E-state index in [2.05, 4.69) is 11.8 Å². The molecule has 0 atom stereocenters. The lowest BCUT2D eigenvalue weighted by atomic mass is 9.97. The molecule has 0 spiro atoms. The molecule has 5 nitrogen and oxygen atoms in total. The summed E-state index contributed by atoms with van der Waals surface area (Å²) >= 11 is 0. The molecule has 0 radical (unpaired) electrons. The van der Waals surface area contributed by atoms with Gasteiger partial charge < -0.3 is 19.6 Å². The first-order chi connectivity index (χ1) is 11.1. The highest BCUT2D eigenvalue weighted by Crippen LogP contribution is 2.47. The Morgan fingerprint density at radius 2 is 1.96 bits per heavy atom. The van der Waals surface area contributed by atoms with Crippen LogP contribution in [-0.2, 0) is 11.2 Å². The molecular formula is C18H26N2O3. The van der Waals surface area contributed by atoms with Gasteiger partial charge in [-0.15, -0.1) is 0 Å². The second kappa shape index (κ2) is 6.69. The van der Waals surface area contributed by atoms with E-state index in [1.807, 2.05) is 6.07 Å². The van der Waals surface area contributed by atoms with E-state index in [0.29, 0.717) is 25.2 Å². The maximum atomic E-state index is 12.1. The van der Waals surface area contributed by atoms with E-state index in [9.17, 15) is 9.90 Å². The van der Waals surface area contributed by atoms with E-state index in [1.165, 1.54) is 6.42 Å². The van der Waals surface area contributed by atoms with Crippen molar-refractivity contribution in [3.8, 4) is 11.5 Å². The van der Waals surface area contributed by atoms with Gasteiger partial charge in [0.1, 0.15) is 11.5 Å². The number of aromatic hydroxyl groups is 1. The van der Waals surface area contributed by atoms with Gasteiger partial charge in [0.15, 0.2) is 0 Å². The van der Waals surface area contributed by atoms with Crippen LogP contribution in [0.4, 0.5) is 11.4 Å². The average molecular weight is 318 g/mol. The number of hydrogen-bond acceptors (Lipinski definition) is 4. The predicted molar refractivity (Wildman–Crippen MR) is 91.7 cm³/mol. The highest BCUT2D eigenvalue weighted by atomic mass is 16.5. The largest absolute Gasteiger partial charge is 0.505 e. The summed E-state index contributed by atoms with van der Waals surface area (Å²) < 4.78 is 5.93. The highest BCUT2D eigenvalue weighted by molar-refractivity contribution is 5.99. The van der Waals surface area contributed by atoms with Crippen LogP contribution >= 0.6 is 0 Å². The second-order valence-electron chi connectivity index (χ2n) is 6.42. The quantitative estimate of drug-likeness (QED) is 0.927. The Balaban J connectivity index is 2.06. The fraction of sp³-hybridized carbons (Fsp3) is 0.611. The third-order valence-electron chi connectivity index (χ3n) is 4.77. The van der Waals surface area contributed by atoms with Gasteiger partial charge in [0.25, 0.3) is 0 Å². The molecule has 2 aliphatic rings. The Labute approximate surface area is 137 Å². The molecule has 23 heavy (non-hydrogen) atoms. The molecule has 0 unspecified atom stereocenters. The smallest absolute Gasteiger partial charge is 0.227 e. The van der Waals surface area contributed by atoms with Gasteiger partial charge in [0.05, 0.1) is 18.0 Å². The van der Waals surface area contributed by atoms with Crippen molar-refractivity contribution in [1.82, 2.24) is 0 Å². The monoisotopic (exact) mass is 318 g/mol. The van der Waals surface area contributed by atoms with Crippen LogP contribution in [0.1, 0.15) is 44.6 Å². The van der Waals surface area contributed by atoms with Crippen molar-refractivity contribution < 1.29 is 14.6 Å². The van der Waals surface area contributed by atoms with Gasteiger partial charge in [-0.25, -0.2) is 0 Å². The van der Waals surface area contributed by atoms with Crippen LogP contribution in [0.15, 0.2) is 6.07 Å². The molecule has 1 aromatic rings. The van der Waals surface area contributed by atoms with E-state index >= 15 is 0 Å². The number of rotatable bonds is 4. The zero-order valence-corrected chi connectivity index (χ0v) is 14.1. The lowest BCUT2D eigenvalue weighted by Crippen LogP contribution is -2.33. The number of piperidine rings is 1. The lowest BCUT2D eigenvalue weighted by Gasteiger charge is -2.34. The molecule has 3 rings (SSSR count). The SMILES string of the molecule is CCCOc1cc(N2CCCCC2)c(O)c2c1N(C)C(=O)CC2. The fourth-order valence-electron chi connectivity index (χ4n) is 3.50. The Morgan fingerprint density at radius 1 is 1.22 bits per heavy atom. The fourth-order valence-corrected chi connectivity index (χ4v) is 3.50. The standard InChI is InChI=1S/C18H26N2O3/c1-3-11-23-15-12-14(20-9-5-4-6-10-20)18(22)13-7-8-16(21)19(2)17(13)15/h12,22H,3-11H2,1-2H3. The van der Waals surface area contributed by atoms with Gasteiger partial charge in [-0.3, -0.25) is 4.79 Å². The summed E-state index contributed by atoms with van der Waals surface area (Å²) in [5, 5.41) is 10.8. The minimum atomic E-state index is 0.0731. The molecule has 0 bridgehead atoms. The third-order valence-corrected chi connectivity index (χ3v) is 4.77. The van der Waals surface area contributed by atoms with Gasteiger partial charge in [0, 0.05) is 38.2 Å². The van der Waals surface area contributed by atoms with Crippen LogP contribution in [-0.4, -0.2) is 37.8 Å². The van der Waals surface area contributed by atoms with Crippen LogP contribution in [0.5, 0.6) is 11.5 Å². The van der Waals surface area contributed by atoms with E-state index in [0.717, 1.165) is 55.0 Å². The summed E-state index contributed by atoms with van der Waals surface area (Å²) in [6.45, 7) is 4.61. The normalized spacial score (nSPS) is 18.1. The molecule has 1 amide bonds. The minimum Gasteiger partial charge on any atom is -0.505 e. The Bertz CT molecular complexity index is 594. The van der Waals surface area contributed by atoms with Crippen molar-refractivity contribution in [3.63, 3.8) is 0 Å². The zero-order chi connectivity index (χ0) is 16.4. The van der Waals surface area contributed by atoms with Gasteiger partial charge >= 0.3 is 0 Å². The number of phenols is 1. The number of phenolic OH excluding ortho intramolecular Hbond substituents is 1. The van der Waals surface area contributed by atoms with Crippen LogP contribution < -0.4 is 14.5 Å². The molecule has 2 heterocycles. The van der Waals surface area contributed by atoms with E-state index in [1.54, 1.807) is 11.9 Å². The molecule has 1 saturated heterocycles. The number of hydrogen-bond donors (Lipinski definition) is 1. The number of carbonyl (C=O) groups excluding carboxylic acids is 1. The van der Waals surface area contributed by atoms with E-state index < -0.39 is 0 Å². The number of nitrogens with zero attached hydrogens (tertiary/aromatic N) is 2. The van der Waals surface area contributed by atoms with E-state index in [-0.39, 0.29) is 5.91 Å². The van der Waals surface area contributed by atoms with Crippen molar-refractivity contribution in [2.45, 2.75) is 45.4 Å². The summed E-state index contributed by atoms with van der Waals surface area (Å²) in [4.78, 5) is 15.9. The van der Waals surface area contributed by atoms with Crippen LogP contribution in [0.3, 0.4) is 0 Å². The summed E-state index contributed by atoms with van der Waals surface area (Å²) in [6.07, 6.45) is 5.48. The van der Waals surface area contributed by atoms with E-state index in [4.69, 9.17) is 4.74 Å². The van der Waals surface area contributed by atoms with Crippen LogP contribution in [0.25, 0.3) is 0 Å². The topological polar surface area (TPSA) is 53.0 Å². The molecule has 1 fully saturated rings. The molecule has 2 aliphatic heterocycles. The number of amides is 1. The van der Waals surface area contributed by atoms with Gasteiger partial charge in [-0.05, 0) is 32.1 Å². The third kappa shape index (κ3) is 2.96. The first-order valence-electron chi connectivity index (χ1n) is 8.66. The van der Waals surface area contributed by atoms with Crippen molar-refractivity contribution in [2.24, 2.45) is 0 Å². The summed E-state index contributed by atoms with van der Waals surface area (Å²) in [7, 11) is 1.76. The van der Waals surface area contributed by atoms with Crippen molar-refractivity contribution in [1.29, 1.82) is 0 Å². The summed E-state index contributed by atoms with van der Waals surface area (Å²) in [5.41, 5.74) is 2.45. The maximum Gasteiger partial charge on any atom is 0.227 e. The van der Waals surface area contributed by atoms with Crippen molar-refractivity contribution in [2.75, 3.05) is 36.5 Å². The predicted octanol–water partition coefficient (Wildman–Crippen LogP) is 3.08. The maximum absolute atomic E-state index is 12.1. The number of anilines is 2. The molecule has 5 heteroatoms. The van der Waals surface area contributed by atoms with Gasteiger partial charge in [0.2, 0.25) is 5.91 Å². The summed E-state index contributed by atoms with van der Waals surface area (Å²) in [6, 6.07) is 1.92. The molecule has 0 aliphatic carbocycles. The molecule has 0 saturated carbocycles. The second-order valence-corrected chi connectivity index (χ2v) is 6.42. The zero-order valence-electron chi connectivity index (χ0n) is 14.1. The van der Waals surface area contributed by atoms with Crippen LogP contribution in [0.2, 0.25) is 0 Å². The molecule has 0 aromatic heterocycles. The number of benzene rings is 1. The Morgan fingerprint density at radius 3 is 2.65 bits per heavy atom. The Hall–Kier alpha value is -1.91. The molecular weight excluding hydrogens is 292 g/mol. The number of carbonyl (C=O) groups is 1. The first kappa shape index (κ1) is 16.0. The summed E-state index contributed by atoms with van der Waals surface area (Å²) in [5.74, 6) is 1.12. The van der Waals surface area contributed by atoms with Gasteiger partial charge in [-0.2, -0.15) is 0 Å². The minimum absolute atomic E-state index is 0.0731. The number of ether oxygens (including phenoxy) is 1. The average Bonchev–Trinajstić information content (AvgIpc) is 2.58. The van der Waals surface area contributed by atoms with Crippen LogP contribution in [0, 0.1) is 0 Å². The Kier molecular flexibility index (Phi) is 4.64. The highest BCUT2D eigenvalue weighted by Gasteiger charge is 2.30. The molecule has 1 N–H and O–H groups in total. The molecule has 1 aromatic carbocycles. The molecule has 126 valence electrons. The lowest BCUT2D eigenvalue weighted by molar-refractivity contribution is -0.118. The van der Waals surface area contributed by atoms with Crippen molar-refractivity contribution >= 4 is 17.3 Å².